The summed E-state index contributed by atoms with van der Waals surface area (Å²) >= 11 is 0.750. The molecule has 606 valence electrons. The second-order valence-electron chi connectivity index (χ2n) is 27.4. The van der Waals surface area contributed by atoms with Crippen LogP contribution in [0.5, 0.6) is 5.75 Å². The summed E-state index contributed by atoms with van der Waals surface area (Å²) in [5.41, 5.74) is 13.0. The third-order valence-corrected chi connectivity index (χ3v) is 19.0. The molecule has 24 N–H and O–H groups in total. The Bertz CT molecular complexity index is 4130. The largest absolute Gasteiger partial charge is 0.508 e. The van der Waals surface area contributed by atoms with Crippen LogP contribution in [0.2, 0.25) is 0 Å². The van der Waals surface area contributed by atoms with Crippen LogP contribution in [-0.4, -0.2) is 229 Å². The van der Waals surface area contributed by atoms with Gasteiger partial charge in [0.1, 0.15) is 78.3 Å². The van der Waals surface area contributed by atoms with Crippen LogP contribution in [0, 0.1) is 17.2 Å². The zero-order valence-electron chi connectivity index (χ0n) is 62.7. The van der Waals surface area contributed by atoms with E-state index >= 15 is 0 Å². The molecule has 2 aromatic heterocycles. The van der Waals surface area contributed by atoms with Gasteiger partial charge in [0, 0.05) is 61.3 Å². The van der Waals surface area contributed by atoms with Crippen LogP contribution in [0.25, 0.3) is 10.9 Å². The number of aliphatic hydroxyl groups is 1. The van der Waals surface area contributed by atoms with Gasteiger partial charge in [0.05, 0.1) is 37.3 Å². The number of aromatic nitrogens is 3. The number of benzene rings is 3. The number of carbonyl (C=O) groups is 15. The third kappa shape index (κ3) is 28.7. The fourth-order valence-electron chi connectivity index (χ4n) is 11.7. The molecule has 38 nitrogen and oxygen atoms in total. The van der Waals surface area contributed by atoms with Gasteiger partial charge in [-0.15, -0.1) is 11.8 Å². The number of thioether (sulfide) groups is 1. The van der Waals surface area contributed by atoms with Crippen LogP contribution in [-0.2, 0) is 97.6 Å². The molecule has 3 heterocycles. The number of aromatic hydroxyl groups is 1. The van der Waals surface area contributed by atoms with Gasteiger partial charge in [-0.3, -0.25) is 77.3 Å². The Hall–Kier alpha value is -12.2. The maximum Gasteiger partial charge on any atom is 0.305 e. The monoisotopic (exact) mass is 1580 g/mol. The van der Waals surface area contributed by atoms with Crippen molar-refractivity contribution in [1.82, 2.24) is 89.4 Å². The quantitative estimate of drug-likeness (QED) is 0.0178. The van der Waals surface area contributed by atoms with E-state index in [9.17, 15) is 87.2 Å². The summed E-state index contributed by atoms with van der Waals surface area (Å²) in [6.07, 6.45) is 1.93. The summed E-state index contributed by atoms with van der Waals surface area (Å²) in [5.74, 6) is -18.4. The van der Waals surface area contributed by atoms with Crippen molar-refractivity contribution >= 4 is 117 Å². The van der Waals surface area contributed by atoms with Gasteiger partial charge in [0.15, 0.2) is 5.96 Å². The Morgan fingerprint density at radius 3 is 1.70 bits per heavy atom. The summed E-state index contributed by atoms with van der Waals surface area (Å²) in [6.45, 7) is 7.38. The molecule has 0 spiro atoms. The molecule has 1 aliphatic rings. The van der Waals surface area contributed by atoms with Crippen molar-refractivity contribution in [3.63, 3.8) is 0 Å². The predicted octanol–water partition coefficient (Wildman–Crippen LogP) is -4.10. The zero-order valence-corrected chi connectivity index (χ0v) is 63.5. The van der Waals surface area contributed by atoms with Crippen LogP contribution in [0.4, 0.5) is 0 Å². The number of guanidine groups is 1. The van der Waals surface area contributed by atoms with Gasteiger partial charge >= 0.3 is 5.97 Å². The van der Waals surface area contributed by atoms with Gasteiger partial charge in [0.25, 0.3) is 0 Å². The van der Waals surface area contributed by atoms with Gasteiger partial charge in [0.2, 0.25) is 82.7 Å². The van der Waals surface area contributed by atoms with Gasteiger partial charge in [-0.2, -0.15) is 0 Å². The molecular weight excluding hydrogens is 1480 g/mol. The molecule has 0 saturated carbocycles. The number of primary amides is 1. The molecule has 0 bridgehead atoms. The van der Waals surface area contributed by atoms with Crippen LogP contribution in [0.15, 0.2) is 97.6 Å². The molecule has 0 aliphatic carbocycles. The first-order valence-electron chi connectivity index (χ1n) is 36.2. The summed E-state index contributed by atoms with van der Waals surface area (Å²) < 4.78 is 0. The molecule has 14 amide bonds. The Morgan fingerprint density at radius 1 is 0.580 bits per heavy atom. The Labute approximate surface area is 648 Å². The molecule has 1 saturated heterocycles. The van der Waals surface area contributed by atoms with Crippen molar-refractivity contribution in [3.8, 4) is 5.75 Å². The van der Waals surface area contributed by atoms with Crippen LogP contribution in [0.3, 0.4) is 0 Å². The number of H-pyrrole nitrogens is 2. The number of phenolic OH excluding ortho intramolecular Hbond substituents is 1. The lowest BCUT2D eigenvalue weighted by Gasteiger charge is -2.29. The number of phenols is 1. The minimum absolute atomic E-state index is 0.00278. The molecule has 1 aliphatic heterocycles. The fourth-order valence-corrected chi connectivity index (χ4v) is 12.5. The Kier molecular flexibility index (Phi) is 34.8. The van der Waals surface area contributed by atoms with E-state index < -0.39 is 204 Å². The molecule has 6 rings (SSSR count). The Morgan fingerprint density at radius 2 is 1.10 bits per heavy atom. The van der Waals surface area contributed by atoms with E-state index in [1.54, 1.807) is 88.5 Å². The van der Waals surface area contributed by atoms with Crippen LogP contribution in [0.1, 0.15) is 96.0 Å². The fraction of sp³-hybridized carbons (Fsp3) is 0.466. The SMILES string of the molecule is CC[C@H](C)[C@@H]1NC(=O)[C@H](Cc2c[nH]c3ccccc23)NC(=O)[C@H](C)NC(=O)[C@H](CC(=O)O)NC(=O)[C@H](Cc2ccccc2)NC(=O)[C@H](Cc2c[nH]cn2)NC(=O)[C@H](Cc2ccc(O)cc2)NC(=O)CSC[C@@H](C(=O)NCC(N)=O)NC(=O)[C@H](CC(C)C)NC(=O)[C@H](CO)NC(=O)[C@H](CCCNC(=N)N)NC(=O)[C@H](C)NC1=O. The number of aromatic amines is 2. The number of para-hydroxylation sites is 1. The summed E-state index contributed by atoms with van der Waals surface area (Å²) in [7, 11) is 0. The van der Waals surface area contributed by atoms with Crippen LogP contribution >= 0.6 is 11.8 Å². The number of nitrogens with one attached hydrogen (secondary N) is 17. The van der Waals surface area contributed by atoms with Crippen molar-refractivity contribution in [2.24, 2.45) is 23.3 Å². The normalized spacial score (nSPS) is 23.6. The van der Waals surface area contributed by atoms with Crippen molar-refractivity contribution in [2.75, 3.05) is 31.2 Å². The van der Waals surface area contributed by atoms with E-state index in [-0.39, 0.29) is 75.3 Å². The highest BCUT2D eigenvalue weighted by molar-refractivity contribution is 8.00. The average molecular weight is 1580 g/mol. The van der Waals surface area contributed by atoms with Gasteiger partial charge in [-0.25, -0.2) is 4.98 Å². The summed E-state index contributed by atoms with van der Waals surface area (Å²) in [6, 6.07) is 1.26. The van der Waals surface area contributed by atoms with Gasteiger partial charge in [-0.05, 0) is 79.8 Å². The molecule has 0 unspecified atom stereocenters. The number of carboxylic acids is 1. The van der Waals surface area contributed by atoms with E-state index in [2.05, 4.69) is 89.4 Å². The number of imidazole rings is 1. The average Bonchev–Trinajstić information content (AvgIpc) is 1.63. The number of aliphatic carboxylic acids is 1. The van der Waals surface area contributed by atoms with Crippen LogP contribution < -0.4 is 85.9 Å². The highest BCUT2D eigenvalue weighted by atomic mass is 32.2. The Balaban J connectivity index is 1.42. The second kappa shape index (κ2) is 43.9. The lowest BCUT2D eigenvalue weighted by atomic mass is 9.96. The van der Waals surface area contributed by atoms with Gasteiger partial charge < -0.3 is 111 Å². The second-order valence-corrected chi connectivity index (χ2v) is 28.5. The maximum absolute atomic E-state index is 14.9. The smallest absolute Gasteiger partial charge is 0.305 e. The van der Waals surface area contributed by atoms with Crippen molar-refractivity contribution in [3.05, 3.63) is 120 Å². The third-order valence-electron chi connectivity index (χ3n) is 17.9. The number of carboxylic acid groups (broad SMARTS) is 1. The summed E-state index contributed by atoms with van der Waals surface area (Å²) in [4.78, 5) is 222. The zero-order chi connectivity index (χ0) is 82.3. The maximum atomic E-state index is 14.9. The minimum Gasteiger partial charge on any atom is -0.508 e. The number of fused-ring (bicyclic) bond motifs is 1. The standard InChI is InChI=1S/C73H100N20O18S/c1-7-38(4)60-72(111)83-40(6)61(100)85-48(18-13-23-78-73(75)76)64(103)91-55(33-94)71(110)87-49(24-37(2)3)66(105)92-56(63(102)80-32-57(74)96)34-112-35-58(97)84-50(26-42-19-21-45(95)22-20-42)67(106)89-53(28-44-31-77-36-81-44)69(108)88-51(25-41-14-9-8-10-15-41)68(107)90-54(29-59(98)99)65(104)82-39(5)62(101)86-52(70(109)93-60)27-43-30-79-47-17-12-11-16-46(43)47/h8-12,14-17,19-22,30-31,36-40,48-56,60,79,94-95H,7,13,18,23-29,32-35H2,1-6H3,(H2,74,96)(H,77,81)(H,80,102)(H,82,104)(H,83,111)(H,84,97)(H,85,100)(H,86,101)(H,87,110)(H,88,108)(H,89,106)(H,90,107)(H,91,103)(H,92,105)(H,93,109)(H,98,99)(H4,75,76,78)/t38-,39-,40-,48-,49-,50-,51-,52-,53-,54-,55-,56-,60-/m0/s1. The molecule has 39 heteroatoms. The van der Waals surface area contributed by atoms with E-state index in [1.807, 2.05) is 0 Å². The lowest BCUT2D eigenvalue weighted by Crippen LogP contribution is -2.61. The first-order valence-corrected chi connectivity index (χ1v) is 37.4. The molecular formula is C73H100N20O18S. The number of aliphatic hydroxyl groups excluding tert-OH is 1. The predicted molar refractivity (Wildman–Crippen MR) is 408 cm³/mol. The molecule has 5 aromatic rings. The first kappa shape index (κ1) is 88.7. The number of hydrogen-bond acceptors (Lipinski definition) is 20. The molecule has 3 aromatic carbocycles. The number of carbonyl (C=O) groups excluding carboxylic acids is 14. The van der Waals surface area contributed by atoms with Crippen molar-refractivity contribution in [2.45, 2.75) is 172 Å². The molecule has 0 radical (unpaired) electrons. The van der Waals surface area contributed by atoms with E-state index in [1.165, 1.54) is 50.6 Å². The number of nitrogens with zero attached hydrogens (tertiary/aromatic N) is 1. The van der Waals surface area contributed by atoms with E-state index in [0.717, 1.165) is 11.8 Å². The van der Waals surface area contributed by atoms with Gasteiger partial charge in [-0.1, -0.05) is 94.8 Å². The number of hydrogen-bond donors (Lipinski definition) is 22. The van der Waals surface area contributed by atoms with E-state index in [0.29, 0.717) is 27.6 Å². The number of rotatable bonds is 22. The highest BCUT2D eigenvalue weighted by Gasteiger charge is 2.39. The van der Waals surface area contributed by atoms with Crippen molar-refractivity contribution in [1.29, 1.82) is 5.41 Å². The first-order chi connectivity index (χ1) is 53.2. The number of amides is 14. The minimum atomic E-state index is -1.97. The lowest BCUT2D eigenvalue weighted by molar-refractivity contribution is -0.141. The summed E-state index contributed by atoms with van der Waals surface area (Å²) in [5, 5.41) is 74.6. The highest BCUT2D eigenvalue weighted by Crippen LogP contribution is 2.21. The van der Waals surface area contributed by atoms with Crippen molar-refractivity contribution < 1.29 is 87.2 Å². The molecule has 13 atom stereocenters. The van der Waals surface area contributed by atoms with E-state index in [4.69, 9.17) is 16.9 Å². The topological polar surface area (TPSA) is 606 Å². The molecule has 112 heavy (non-hydrogen) atoms. The molecule has 1 fully saturated rings. The number of nitrogens with two attached hydrogens (primary N) is 2.